The molecule has 0 amide bonds. The summed E-state index contributed by atoms with van der Waals surface area (Å²) in [5.41, 5.74) is 0.945. The van der Waals surface area contributed by atoms with Gasteiger partial charge in [-0.3, -0.25) is 9.59 Å². The molecule has 0 aromatic heterocycles. The third-order valence-corrected chi connectivity index (χ3v) is 5.68. The van der Waals surface area contributed by atoms with Crippen molar-refractivity contribution in [1.29, 1.82) is 0 Å². The number of benzene rings is 1. The van der Waals surface area contributed by atoms with Crippen LogP contribution in [-0.4, -0.2) is 25.2 Å². The minimum Gasteiger partial charge on any atom is -0.465 e. The molecule has 0 saturated heterocycles. The van der Waals surface area contributed by atoms with Gasteiger partial charge in [0.15, 0.2) is 5.41 Å². The monoisotopic (exact) mass is 386 g/mol. The summed E-state index contributed by atoms with van der Waals surface area (Å²) in [7, 11) is 0. The van der Waals surface area contributed by atoms with E-state index in [2.05, 4.69) is 13.5 Å². The van der Waals surface area contributed by atoms with E-state index >= 15 is 0 Å². The largest absolute Gasteiger partial charge is 0.465 e. The number of carbonyl (C=O) groups excluding carboxylic acids is 2. The number of allylic oxidation sites excluding steroid dienone is 1. The van der Waals surface area contributed by atoms with Crippen LogP contribution in [0, 0.1) is 5.92 Å². The molecule has 1 aromatic rings. The van der Waals surface area contributed by atoms with Gasteiger partial charge in [-0.2, -0.15) is 0 Å². The van der Waals surface area contributed by atoms with Crippen molar-refractivity contribution in [1.82, 2.24) is 0 Å². The molecule has 1 aliphatic carbocycles. The van der Waals surface area contributed by atoms with Crippen molar-refractivity contribution >= 4 is 17.5 Å². The minimum atomic E-state index is -1.44. The van der Waals surface area contributed by atoms with E-state index in [9.17, 15) is 9.59 Å². The van der Waals surface area contributed by atoms with Gasteiger partial charge in [-0.15, -0.1) is 0 Å². The molecule has 0 radical (unpaired) electrons. The Morgan fingerprint density at radius 3 is 2.11 bits per heavy atom. The Balaban J connectivity index is 2.37. The number of ether oxygens (including phenoxy) is 2. The Morgan fingerprint density at radius 1 is 0.929 bits per heavy atom. The molecular formula is C24H34O4. The average molecular weight is 387 g/mol. The number of carbonyl (C=O) groups is 2. The van der Waals surface area contributed by atoms with Crippen molar-refractivity contribution in [2.24, 2.45) is 5.92 Å². The molecule has 2 rings (SSSR count). The molecule has 1 aliphatic rings. The molecule has 0 spiro atoms. The summed E-state index contributed by atoms with van der Waals surface area (Å²) in [5, 5.41) is 0. The van der Waals surface area contributed by atoms with Crippen LogP contribution in [0.15, 0.2) is 30.8 Å². The average Bonchev–Trinajstić information content (AvgIpc) is 2.94. The fourth-order valence-electron chi connectivity index (χ4n) is 4.34. The van der Waals surface area contributed by atoms with Crippen LogP contribution in [0.4, 0.5) is 0 Å². The predicted octanol–water partition coefficient (Wildman–Crippen LogP) is 5.44. The Kier molecular flexibility index (Phi) is 8.28. The van der Waals surface area contributed by atoms with E-state index in [1.165, 1.54) is 25.7 Å². The molecule has 0 aliphatic heterocycles. The summed E-state index contributed by atoms with van der Waals surface area (Å²) in [6.07, 6.45) is 7.61. The van der Waals surface area contributed by atoms with Gasteiger partial charge in [0.1, 0.15) is 0 Å². The first-order chi connectivity index (χ1) is 13.5. The van der Waals surface area contributed by atoms with Crippen molar-refractivity contribution < 1.29 is 19.1 Å². The Labute approximate surface area is 169 Å². The van der Waals surface area contributed by atoms with Crippen molar-refractivity contribution in [3.63, 3.8) is 0 Å². The lowest BCUT2D eigenvalue weighted by Gasteiger charge is -2.32. The van der Waals surface area contributed by atoms with Crippen LogP contribution in [0.25, 0.3) is 5.57 Å². The molecule has 0 heterocycles. The lowest BCUT2D eigenvalue weighted by atomic mass is 9.71. The lowest BCUT2D eigenvalue weighted by Crippen LogP contribution is -2.49. The fourth-order valence-corrected chi connectivity index (χ4v) is 4.34. The summed E-state index contributed by atoms with van der Waals surface area (Å²) < 4.78 is 10.8. The van der Waals surface area contributed by atoms with Gasteiger partial charge >= 0.3 is 11.9 Å². The van der Waals surface area contributed by atoms with E-state index < -0.39 is 17.4 Å². The third kappa shape index (κ3) is 4.16. The van der Waals surface area contributed by atoms with Gasteiger partial charge in [0.05, 0.1) is 13.2 Å². The number of rotatable bonds is 11. The molecule has 0 saturated carbocycles. The maximum absolute atomic E-state index is 13.2. The van der Waals surface area contributed by atoms with Crippen molar-refractivity contribution in [2.45, 2.75) is 71.1 Å². The summed E-state index contributed by atoms with van der Waals surface area (Å²) >= 11 is 0. The molecule has 1 atom stereocenters. The van der Waals surface area contributed by atoms with E-state index in [0.717, 1.165) is 30.4 Å². The molecule has 1 aromatic carbocycles. The molecule has 28 heavy (non-hydrogen) atoms. The second-order valence-electron chi connectivity index (χ2n) is 7.43. The summed E-state index contributed by atoms with van der Waals surface area (Å²) in [4.78, 5) is 26.4. The van der Waals surface area contributed by atoms with E-state index in [1.54, 1.807) is 13.8 Å². The summed E-state index contributed by atoms with van der Waals surface area (Å²) in [6, 6.07) is 7.55. The Bertz CT molecular complexity index is 674. The molecule has 0 fully saturated rings. The van der Waals surface area contributed by atoms with Gasteiger partial charge in [-0.05, 0) is 37.0 Å². The second-order valence-corrected chi connectivity index (χ2v) is 7.43. The molecule has 0 bridgehead atoms. The smallest absolute Gasteiger partial charge is 0.328 e. The normalized spacial score (nSPS) is 17.2. The Morgan fingerprint density at radius 2 is 1.50 bits per heavy atom. The molecule has 0 N–H and O–H groups in total. The fraction of sp³-hybridized carbons (Fsp3) is 0.583. The standard InChI is InChI=1S/C24H34O4/c1-5-8-9-10-11-12-16-20-18(4)19-15-13-14-17-21(19)24(20,22(25)27-6-2)23(26)28-7-3/h13-15,17,20H,4-12,16H2,1-3H3. The first-order valence-electron chi connectivity index (χ1n) is 10.7. The van der Waals surface area contributed by atoms with Crippen LogP contribution in [0.1, 0.15) is 76.8 Å². The van der Waals surface area contributed by atoms with Crippen LogP contribution < -0.4 is 0 Å². The highest BCUT2D eigenvalue weighted by atomic mass is 16.6. The second kappa shape index (κ2) is 10.4. The van der Waals surface area contributed by atoms with E-state index in [0.29, 0.717) is 5.56 Å². The van der Waals surface area contributed by atoms with Crippen molar-refractivity contribution in [3.05, 3.63) is 42.0 Å². The first-order valence-corrected chi connectivity index (χ1v) is 10.7. The van der Waals surface area contributed by atoms with Crippen LogP contribution in [0.5, 0.6) is 0 Å². The maximum Gasteiger partial charge on any atom is 0.328 e. The zero-order valence-electron chi connectivity index (χ0n) is 17.6. The summed E-state index contributed by atoms with van der Waals surface area (Å²) in [6.45, 7) is 10.4. The van der Waals surface area contributed by atoms with Crippen molar-refractivity contribution in [3.8, 4) is 0 Å². The molecule has 154 valence electrons. The van der Waals surface area contributed by atoms with E-state index in [4.69, 9.17) is 9.47 Å². The minimum absolute atomic E-state index is 0.221. The van der Waals surface area contributed by atoms with Gasteiger partial charge in [0.2, 0.25) is 0 Å². The van der Waals surface area contributed by atoms with Gasteiger partial charge in [-0.25, -0.2) is 0 Å². The Hall–Kier alpha value is -2.10. The zero-order chi connectivity index (χ0) is 20.6. The first kappa shape index (κ1) is 22.2. The third-order valence-electron chi connectivity index (χ3n) is 5.68. The molecule has 1 unspecified atom stereocenters. The van der Waals surface area contributed by atoms with Crippen LogP contribution in [0.3, 0.4) is 0 Å². The maximum atomic E-state index is 13.2. The highest BCUT2D eigenvalue weighted by molar-refractivity contribution is 6.12. The number of hydrogen-bond acceptors (Lipinski definition) is 4. The predicted molar refractivity (Wildman–Crippen MR) is 112 cm³/mol. The number of fused-ring (bicyclic) bond motifs is 1. The van der Waals surface area contributed by atoms with Gasteiger partial charge < -0.3 is 9.47 Å². The van der Waals surface area contributed by atoms with Crippen LogP contribution >= 0.6 is 0 Å². The molecule has 4 nitrogen and oxygen atoms in total. The number of esters is 2. The topological polar surface area (TPSA) is 52.6 Å². The van der Waals surface area contributed by atoms with E-state index in [1.807, 2.05) is 24.3 Å². The van der Waals surface area contributed by atoms with Gasteiger partial charge in [-0.1, -0.05) is 76.3 Å². The highest BCUT2D eigenvalue weighted by Crippen LogP contribution is 2.53. The van der Waals surface area contributed by atoms with Crippen LogP contribution in [0.2, 0.25) is 0 Å². The van der Waals surface area contributed by atoms with Crippen molar-refractivity contribution in [2.75, 3.05) is 13.2 Å². The SMILES string of the molecule is C=C1c2ccccc2C(C(=O)OCC)(C(=O)OCC)C1CCCCCCCC. The lowest BCUT2D eigenvalue weighted by molar-refractivity contribution is -0.166. The quantitative estimate of drug-likeness (QED) is 0.288. The van der Waals surface area contributed by atoms with Crippen LogP contribution in [-0.2, 0) is 24.5 Å². The summed E-state index contributed by atoms with van der Waals surface area (Å²) in [5.74, 6) is -1.36. The number of hydrogen-bond donors (Lipinski definition) is 0. The zero-order valence-corrected chi connectivity index (χ0v) is 17.6. The molecular weight excluding hydrogens is 352 g/mol. The van der Waals surface area contributed by atoms with E-state index in [-0.39, 0.29) is 19.1 Å². The van der Waals surface area contributed by atoms with Gasteiger partial charge in [0, 0.05) is 5.92 Å². The highest BCUT2D eigenvalue weighted by Gasteiger charge is 2.61. The molecule has 4 heteroatoms. The van der Waals surface area contributed by atoms with Gasteiger partial charge in [0.25, 0.3) is 0 Å². The number of unbranched alkanes of at least 4 members (excludes halogenated alkanes) is 5.